The van der Waals surface area contributed by atoms with Gasteiger partial charge in [0.15, 0.2) is 0 Å². The van der Waals surface area contributed by atoms with Crippen LogP contribution in [0.1, 0.15) is 5.56 Å². The Morgan fingerprint density at radius 1 is 0.733 bits per heavy atom. The molecule has 30 heavy (non-hydrogen) atoms. The third-order valence-electron chi connectivity index (χ3n) is 3.93. The number of sulfonamides is 1. The fourth-order valence-corrected chi connectivity index (χ4v) is 3.93. The van der Waals surface area contributed by atoms with E-state index in [2.05, 4.69) is 15.4 Å². The molecule has 2 amide bonds. The lowest BCUT2D eigenvalue weighted by Gasteiger charge is -2.16. The molecule has 0 fully saturated rings. The first-order chi connectivity index (χ1) is 14.2. The highest BCUT2D eigenvalue weighted by atomic mass is 32.2. The van der Waals surface area contributed by atoms with Gasteiger partial charge in [0.1, 0.15) is 0 Å². The molecule has 0 aliphatic heterocycles. The van der Waals surface area contributed by atoms with Crippen molar-refractivity contribution in [2.75, 3.05) is 15.4 Å². The van der Waals surface area contributed by atoms with Crippen molar-refractivity contribution in [1.82, 2.24) is 0 Å². The van der Waals surface area contributed by atoms with Crippen LogP contribution in [0.3, 0.4) is 0 Å². The van der Waals surface area contributed by atoms with Crippen LogP contribution < -0.4 is 15.4 Å². The molecule has 6 nitrogen and oxygen atoms in total. The maximum atomic E-state index is 13.2. The van der Waals surface area contributed by atoms with Crippen LogP contribution >= 0.6 is 0 Å². The lowest BCUT2D eigenvalue weighted by molar-refractivity contribution is -0.139. The lowest BCUT2D eigenvalue weighted by Crippen LogP contribution is -2.22. The van der Waals surface area contributed by atoms with Crippen molar-refractivity contribution < 1.29 is 26.4 Å². The highest BCUT2D eigenvalue weighted by Gasteiger charge is 2.37. The Balaban J connectivity index is 1.85. The van der Waals surface area contributed by atoms with E-state index in [0.29, 0.717) is 11.8 Å². The topological polar surface area (TPSA) is 87.3 Å². The summed E-state index contributed by atoms with van der Waals surface area (Å²) >= 11 is 0. The number of nitrogens with one attached hydrogen (secondary N) is 3. The van der Waals surface area contributed by atoms with E-state index in [4.69, 9.17) is 0 Å². The Hall–Kier alpha value is -3.53. The van der Waals surface area contributed by atoms with E-state index >= 15 is 0 Å². The first-order valence-electron chi connectivity index (χ1n) is 8.58. The molecule has 156 valence electrons. The molecule has 0 saturated carbocycles. The minimum atomic E-state index is -4.85. The van der Waals surface area contributed by atoms with E-state index in [1.807, 2.05) is 0 Å². The number of halogens is 3. The van der Waals surface area contributed by atoms with E-state index in [-0.39, 0.29) is 11.4 Å². The van der Waals surface area contributed by atoms with Crippen LogP contribution in [0.25, 0.3) is 0 Å². The van der Waals surface area contributed by atoms with Gasteiger partial charge in [0.25, 0.3) is 10.0 Å². The van der Waals surface area contributed by atoms with Crippen molar-refractivity contribution in [2.45, 2.75) is 11.1 Å². The zero-order valence-corrected chi connectivity index (χ0v) is 16.1. The first-order valence-corrected chi connectivity index (χ1v) is 10.1. The van der Waals surface area contributed by atoms with Gasteiger partial charge >= 0.3 is 12.2 Å². The standard InChI is InChI=1S/C20H16F3N3O3S/c21-20(22,23)15-10-4-7-13-18(15)30(28,29)26-17-12-6-5-11-16(17)25-19(27)24-14-8-2-1-3-9-14/h1-13,26H,(H2,24,25,27). The van der Waals surface area contributed by atoms with E-state index in [0.717, 1.165) is 12.1 Å². The number of hydrogen-bond donors (Lipinski definition) is 3. The molecule has 0 unspecified atom stereocenters. The molecule has 3 rings (SSSR count). The Morgan fingerprint density at radius 2 is 1.30 bits per heavy atom. The highest BCUT2D eigenvalue weighted by molar-refractivity contribution is 7.92. The molecule has 0 atom stereocenters. The van der Waals surface area contributed by atoms with Gasteiger partial charge in [0, 0.05) is 5.69 Å². The number of rotatable bonds is 5. The van der Waals surface area contributed by atoms with Crippen molar-refractivity contribution in [3.63, 3.8) is 0 Å². The number of hydrogen-bond acceptors (Lipinski definition) is 3. The molecule has 0 heterocycles. The third kappa shape index (κ3) is 5.09. The van der Waals surface area contributed by atoms with Crippen LogP contribution in [0.2, 0.25) is 0 Å². The normalized spacial score (nSPS) is 11.6. The van der Waals surface area contributed by atoms with Crippen molar-refractivity contribution in [3.8, 4) is 0 Å². The maximum Gasteiger partial charge on any atom is 0.417 e. The molecule has 0 aromatic heterocycles. The molecule has 0 saturated heterocycles. The number of para-hydroxylation sites is 3. The predicted octanol–water partition coefficient (Wildman–Crippen LogP) is 5.15. The number of amides is 2. The summed E-state index contributed by atoms with van der Waals surface area (Å²) in [6.07, 6.45) is -4.85. The smallest absolute Gasteiger partial charge is 0.308 e. The molecule has 3 aromatic rings. The molecule has 0 bridgehead atoms. The molecular formula is C20H16F3N3O3S. The number of benzene rings is 3. The van der Waals surface area contributed by atoms with E-state index in [1.54, 1.807) is 36.4 Å². The van der Waals surface area contributed by atoms with Crippen molar-refractivity contribution in [2.24, 2.45) is 0 Å². The number of anilines is 3. The predicted molar refractivity (Wildman–Crippen MR) is 108 cm³/mol. The van der Waals surface area contributed by atoms with Crippen LogP contribution in [0.4, 0.5) is 35.0 Å². The van der Waals surface area contributed by atoms with Gasteiger partial charge < -0.3 is 10.6 Å². The average Bonchev–Trinajstić information content (AvgIpc) is 2.69. The van der Waals surface area contributed by atoms with Gasteiger partial charge in [-0.05, 0) is 36.4 Å². The second-order valence-electron chi connectivity index (χ2n) is 6.09. The molecule has 10 heteroatoms. The third-order valence-corrected chi connectivity index (χ3v) is 5.36. The average molecular weight is 435 g/mol. The monoisotopic (exact) mass is 435 g/mol. The van der Waals surface area contributed by atoms with E-state index < -0.39 is 32.7 Å². The van der Waals surface area contributed by atoms with Crippen LogP contribution in [0.5, 0.6) is 0 Å². The van der Waals surface area contributed by atoms with Gasteiger partial charge in [-0.1, -0.05) is 42.5 Å². The summed E-state index contributed by atoms with van der Waals surface area (Å²) in [4.78, 5) is 11.3. The van der Waals surface area contributed by atoms with Gasteiger partial charge in [-0.3, -0.25) is 4.72 Å². The Bertz CT molecular complexity index is 1150. The molecule has 0 aliphatic carbocycles. The van der Waals surface area contributed by atoms with Crippen molar-refractivity contribution in [1.29, 1.82) is 0 Å². The SMILES string of the molecule is O=C(Nc1ccccc1)Nc1ccccc1NS(=O)(=O)c1ccccc1C(F)(F)F. The van der Waals surface area contributed by atoms with Gasteiger partial charge in [-0.15, -0.1) is 0 Å². The first kappa shape index (κ1) is 21.2. The molecule has 0 radical (unpaired) electrons. The van der Waals surface area contributed by atoms with Crippen LogP contribution in [0.15, 0.2) is 83.8 Å². The zero-order valence-electron chi connectivity index (χ0n) is 15.3. The summed E-state index contributed by atoms with van der Waals surface area (Å²) in [5, 5.41) is 5.04. The Labute approximate surface area is 170 Å². The van der Waals surface area contributed by atoms with Crippen LogP contribution in [0, 0.1) is 0 Å². The fraction of sp³-hybridized carbons (Fsp3) is 0.0500. The summed E-state index contributed by atoms with van der Waals surface area (Å²) in [7, 11) is -4.59. The van der Waals surface area contributed by atoms with Crippen molar-refractivity contribution >= 4 is 33.1 Å². The summed E-state index contributed by atoms with van der Waals surface area (Å²) in [5.41, 5.74) is -0.798. The molecule has 3 N–H and O–H groups in total. The second kappa shape index (κ2) is 8.46. The van der Waals surface area contributed by atoms with Gasteiger partial charge in [0.05, 0.1) is 21.8 Å². The van der Waals surface area contributed by atoms with E-state index in [9.17, 15) is 26.4 Å². The van der Waals surface area contributed by atoms with Crippen LogP contribution in [-0.2, 0) is 16.2 Å². The summed E-state index contributed by atoms with van der Waals surface area (Å²) in [6.45, 7) is 0. The minimum Gasteiger partial charge on any atom is -0.308 e. The highest BCUT2D eigenvalue weighted by Crippen LogP contribution is 2.35. The van der Waals surface area contributed by atoms with Gasteiger partial charge in [0.2, 0.25) is 0 Å². The maximum absolute atomic E-state index is 13.2. The number of carbonyl (C=O) groups is 1. The van der Waals surface area contributed by atoms with Crippen LogP contribution in [-0.4, -0.2) is 14.4 Å². The fourth-order valence-electron chi connectivity index (χ4n) is 2.62. The Kier molecular flexibility index (Phi) is 5.97. The van der Waals surface area contributed by atoms with Gasteiger partial charge in [-0.25, -0.2) is 13.2 Å². The largest absolute Gasteiger partial charge is 0.417 e. The quantitative estimate of drug-likeness (QED) is 0.518. The second-order valence-corrected chi connectivity index (χ2v) is 7.74. The molecule has 3 aromatic carbocycles. The molecular weight excluding hydrogens is 419 g/mol. The number of urea groups is 1. The summed E-state index contributed by atoms with van der Waals surface area (Å²) in [5.74, 6) is 0. The van der Waals surface area contributed by atoms with E-state index in [1.165, 1.54) is 24.3 Å². The zero-order chi connectivity index (χ0) is 21.8. The molecule has 0 spiro atoms. The summed E-state index contributed by atoms with van der Waals surface area (Å²) < 4.78 is 67.1. The summed E-state index contributed by atoms with van der Waals surface area (Å²) in [6, 6.07) is 17.5. The Morgan fingerprint density at radius 3 is 1.97 bits per heavy atom. The number of alkyl halides is 3. The molecule has 0 aliphatic rings. The number of carbonyl (C=O) groups excluding carboxylic acids is 1. The van der Waals surface area contributed by atoms with Crippen molar-refractivity contribution in [3.05, 3.63) is 84.4 Å². The minimum absolute atomic E-state index is 0.0685. The van der Waals surface area contributed by atoms with Gasteiger partial charge in [-0.2, -0.15) is 13.2 Å². The lowest BCUT2D eigenvalue weighted by atomic mass is 10.2.